The van der Waals surface area contributed by atoms with E-state index >= 15 is 0 Å². The Kier molecular flexibility index (Phi) is 4.77. The van der Waals surface area contributed by atoms with E-state index < -0.39 is 23.7 Å². The first kappa shape index (κ1) is 14.6. The van der Waals surface area contributed by atoms with Crippen LogP contribution in [0.1, 0.15) is 20.8 Å². The lowest BCUT2D eigenvalue weighted by atomic mass is 10.2. The molecule has 0 atom stereocenters. The molecule has 1 aliphatic rings. The Morgan fingerprint density at radius 3 is 2.39 bits per heavy atom. The third kappa shape index (κ3) is 4.06. The van der Waals surface area contributed by atoms with Crippen LogP contribution in [0.3, 0.4) is 0 Å². The number of carbonyl (C=O) groups excluding carboxylic acids is 3. The van der Waals surface area contributed by atoms with Crippen LogP contribution >= 0.6 is 11.8 Å². The molecule has 1 aliphatic heterocycles. The van der Waals surface area contributed by atoms with Gasteiger partial charge in [0.2, 0.25) is 0 Å². The second kappa shape index (κ2) is 5.90. The third-order valence-electron chi connectivity index (χ3n) is 1.82. The molecule has 0 aromatic rings. The highest BCUT2D eigenvalue weighted by Gasteiger charge is 2.38. The maximum Gasteiger partial charge on any atom is 0.349 e. The Balaban J connectivity index is 2.58. The van der Waals surface area contributed by atoms with Crippen LogP contribution in [0.5, 0.6) is 0 Å². The van der Waals surface area contributed by atoms with Crippen LogP contribution in [0.4, 0.5) is 0 Å². The summed E-state index contributed by atoms with van der Waals surface area (Å²) in [5.74, 6) is -3.17. The van der Waals surface area contributed by atoms with E-state index in [1.54, 1.807) is 6.92 Å². The first-order valence-electron chi connectivity index (χ1n) is 5.30. The number of hydrogen-bond donors (Lipinski definition) is 0. The molecule has 0 unspecified atom stereocenters. The Morgan fingerprint density at radius 1 is 1.33 bits per heavy atom. The summed E-state index contributed by atoms with van der Waals surface area (Å²) in [6, 6.07) is 0. The third-order valence-corrected chi connectivity index (χ3v) is 2.63. The van der Waals surface area contributed by atoms with Gasteiger partial charge in [-0.1, -0.05) is 0 Å². The van der Waals surface area contributed by atoms with Crippen LogP contribution in [-0.2, 0) is 28.6 Å². The molecular formula is C11H14O6S. The molecule has 1 saturated heterocycles. The van der Waals surface area contributed by atoms with Crippen molar-refractivity contribution >= 4 is 29.7 Å². The Hall–Kier alpha value is -1.50. The average molecular weight is 274 g/mol. The summed E-state index contributed by atoms with van der Waals surface area (Å²) in [5.41, 5.74) is -0.219. The predicted molar refractivity (Wildman–Crippen MR) is 63.4 cm³/mol. The van der Waals surface area contributed by atoms with Crippen LogP contribution in [0.15, 0.2) is 11.0 Å². The van der Waals surface area contributed by atoms with Gasteiger partial charge >= 0.3 is 17.9 Å². The Labute approximate surface area is 109 Å². The van der Waals surface area contributed by atoms with Crippen LogP contribution in [0, 0.1) is 0 Å². The highest BCUT2D eigenvalue weighted by Crippen LogP contribution is 2.24. The van der Waals surface area contributed by atoms with E-state index in [9.17, 15) is 14.4 Å². The molecule has 0 aliphatic carbocycles. The first-order chi connectivity index (χ1) is 8.35. The van der Waals surface area contributed by atoms with E-state index in [4.69, 9.17) is 14.2 Å². The van der Waals surface area contributed by atoms with Gasteiger partial charge in [0.25, 0.3) is 5.79 Å². The van der Waals surface area contributed by atoms with Crippen molar-refractivity contribution in [1.82, 2.24) is 0 Å². The minimum atomic E-state index is -1.25. The zero-order valence-electron chi connectivity index (χ0n) is 10.3. The summed E-state index contributed by atoms with van der Waals surface area (Å²) < 4.78 is 14.5. The minimum Gasteiger partial charge on any atom is -0.465 e. The fourth-order valence-corrected chi connectivity index (χ4v) is 1.81. The SMILES string of the molecule is CCOC(=O)CSC=C1C(=O)OC(C)(C)OC1=O. The van der Waals surface area contributed by atoms with Gasteiger partial charge in [-0.2, -0.15) is 0 Å². The summed E-state index contributed by atoms with van der Waals surface area (Å²) in [7, 11) is 0. The molecular weight excluding hydrogens is 260 g/mol. The molecule has 18 heavy (non-hydrogen) atoms. The van der Waals surface area contributed by atoms with E-state index in [0.29, 0.717) is 0 Å². The van der Waals surface area contributed by atoms with Gasteiger partial charge in [-0.15, -0.1) is 11.8 Å². The average Bonchev–Trinajstić information content (AvgIpc) is 2.21. The van der Waals surface area contributed by atoms with Crippen LogP contribution < -0.4 is 0 Å². The number of thioether (sulfide) groups is 1. The van der Waals surface area contributed by atoms with Gasteiger partial charge in [0.05, 0.1) is 12.4 Å². The van der Waals surface area contributed by atoms with E-state index in [-0.39, 0.29) is 17.9 Å². The molecule has 6 nitrogen and oxygen atoms in total. The van der Waals surface area contributed by atoms with E-state index in [1.165, 1.54) is 19.3 Å². The van der Waals surface area contributed by atoms with Crippen LogP contribution in [0.25, 0.3) is 0 Å². The first-order valence-corrected chi connectivity index (χ1v) is 6.34. The van der Waals surface area contributed by atoms with Crippen molar-refractivity contribution in [1.29, 1.82) is 0 Å². The second-order valence-corrected chi connectivity index (χ2v) is 4.68. The van der Waals surface area contributed by atoms with Crippen molar-refractivity contribution in [2.24, 2.45) is 0 Å². The molecule has 1 heterocycles. The standard InChI is InChI=1S/C11H14O6S/c1-4-15-8(12)6-18-5-7-9(13)16-11(2,3)17-10(7)14/h5H,4,6H2,1-3H3. The van der Waals surface area contributed by atoms with E-state index in [1.807, 2.05) is 0 Å². The smallest absolute Gasteiger partial charge is 0.349 e. The predicted octanol–water partition coefficient (Wildman–Crippen LogP) is 1.00. The molecule has 0 N–H and O–H groups in total. The molecule has 100 valence electrons. The van der Waals surface area contributed by atoms with Crippen molar-refractivity contribution in [3.63, 3.8) is 0 Å². The lowest BCUT2D eigenvalue weighted by molar-refractivity contribution is -0.222. The lowest BCUT2D eigenvalue weighted by Gasteiger charge is -2.29. The molecule has 1 fully saturated rings. The van der Waals surface area contributed by atoms with Crippen LogP contribution in [-0.4, -0.2) is 36.1 Å². The monoisotopic (exact) mass is 274 g/mol. The quantitative estimate of drug-likeness (QED) is 0.430. The molecule has 0 saturated carbocycles. The maximum atomic E-state index is 11.5. The van der Waals surface area contributed by atoms with Crippen molar-refractivity contribution in [3.05, 3.63) is 11.0 Å². The fraction of sp³-hybridized carbons (Fsp3) is 0.545. The molecule has 0 aromatic heterocycles. The molecule has 0 aromatic carbocycles. The second-order valence-electron chi connectivity index (χ2n) is 3.83. The van der Waals surface area contributed by atoms with Gasteiger partial charge in [-0.3, -0.25) is 4.79 Å². The van der Waals surface area contributed by atoms with Crippen molar-refractivity contribution in [2.45, 2.75) is 26.6 Å². The maximum absolute atomic E-state index is 11.5. The fourth-order valence-electron chi connectivity index (χ4n) is 1.15. The number of esters is 3. The normalized spacial score (nSPS) is 17.8. The zero-order chi connectivity index (χ0) is 13.8. The number of rotatable bonds is 4. The molecule has 1 rings (SSSR count). The van der Waals surface area contributed by atoms with Gasteiger partial charge in [0.1, 0.15) is 0 Å². The molecule has 0 spiro atoms. The molecule has 0 bridgehead atoms. The topological polar surface area (TPSA) is 78.9 Å². The van der Waals surface area contributed by atoms with Gasteiger partial charge < -0.3 is 14.2 Å². The largest absolute Gasteiger partial charge is 0.465 e. The van der Waals surface area contributed by atoms with Crippen molar-refractivity contribution in [3.8, 4) is 0 Å². The number of ether oxygens (including phenoxy) is 3. The Morgan fingerprint density at radius 2 is 1.89 bits per heavy atom. The number of carbonyl (C=O) groups is 3. The van der Waals surface area contributed by atoms with Gasteiger partial charge in [0.15, 0.2) is 5.57 Å². The van der Waals surface area contributed by atoms with Gasteiger partial charge in [0, 0.05) is 13.8 Å². The summed E-state index contributed by atoms with van der Waals surface area (Å²) in [5, 5.41) is 1.25. The van der Waals surface area contributed by atoms with Gasteiger partial charge in [-0.25, -0.2) is 9.59 Å². The number of cyclic esters (lactones) is 2. The van der Waals surface area contributed by atoms with Gasteiger partial charge in [-0.05, 0) is 12.3 Å². The molecule has 0 radical (unpaired) electrons. The van der Waals surface area contributed by atoms with Crippen LogP contribution in [0.2, 0.25) is 0 Å². The van der Waals surface area contributed by atoms with Crippen molar-refractivity contribution < 1.29 is 28.6 Å². The Bertz CT molecular complexity index is 376. The molecule has 7 heteroatoms. The minimum absolute atomic E-state index is 0.0152. The summed E-state index contributed by atoms with van der Waals surface area (Å²) in [6.45, 7) is 4.91. The highest BCUT2D eigenvalue weighted by molar-refractivity contribution is 8.02. The summed E-state index contributed by atoms with van der Waals surface area (Å²) in [4.78, 5) is 34.0. The van der Waals surface area contributed by atoms with Crippen molar-refractivity contribution in [2.75, 3.05) is 12.4 Å². The number of hydrogen-bond acceptors (Lipinski definition) is 7. The van der Waals surface area contributed by atoms with E-state index in [0.717, 1.165) is 11.8 Å². The summed E-state index contributed by atoms with van der Waals surface area (Å²) in [6.07, 6.45) is 0. The highest BCUT2D eigenvalue weighted by atomic mass is 32.2. The molecule has 0 amide bonds. The zero-order valence-corrected chi connectivity index (χ0v) is 11.2. The lowest BCUT2D eigenvalue weighted by Crippen LogP contribution is -2.41. The van der Waals surface area contributed by atoms with E-state index in [2.05, 4.69) is 0 Å². The summed E-state index contributed by atoms with van der Waals surface area (Å²) >= 11 is 0.977.